The minimum atomic E-state index is 0.0724. The van der Waals surface area contributed by atoms with E-state index in [2.05, 4.69) is 53.1 Å². The molecule has 2 rings (SSSR count). The maximum absolute atomic E-state index is 5.99. The third-order valence-electron chi connectivity index (χ3n) is 2.96. The number of rotatable bonds is 5. The zero-order chi connectivity index (χ0) is 15.3. The van der Waals surface area contributed by atoms with E-state index in [0.717, 1.165) is 27.9 Å². The van der Waals surface area contributed by atoms with Crippen LogP contribution in [0.4, 0.5) is 0 Å². The van der Waals surface area contributed by atoms with Crippen LogP contribution in [0, 0.1) is 0 Å². The lowest BCUT2D eigenvalue weighted by Gasteiger charge is -2.22. The molecule has 0 unspecified atom stereocenters. The number of ether oxygens (including phenoxy) is 1. The SMILES string of the molecule is CC(C)(C)NCc1cccc(Br)c1OCc1cccnc1. The Bertz CT molecular complexity index is 579. The fourth-order valence-corrected chi connectivity index (χ4v) is 2.38. The van der Waals surface area contributed by atoms with Crippen molar-refractivity contribution >= 4 is 15.9 Å². The van der Waals surface area contributed by atoms with Gasteiger partial charge in [-0.25, -0.2) is 0 Å². The summed E-state index contributed by atoms with van der Waals surface area (Å²) >= 11 is 3.57. The second-order valence-electron chi connectivity index (χ2n) is 5.98. The fraction of sp³-hybridized carbons (Fsp3) is 0.353. The largest absolute Gasteiger partial charge is 0.487 e. The average Bonchev–Trinajstić information content (AvgIpc) is 2.44. The molecule has 0 bridgehead atoms. The highest BCUT2D eigenvalue weighted by molar-refractivity contribution is 9.10. The summed E-state index contributed by atoms with van der Waals surface area (Å²) in [6.07, 6.45) is 3.59. The van der Waals surface area contributed by atoms with E-state index in [4.69, 9.17) is 4.74 Å². The van der Waals surface area contributed by atoms with E-state index in [1.165, 1.54) is 0 Å². The second-order valence-corrected chi connectivity index (χ2v) is 6.84. The molecule has 0 saturated heterocycles. The molecule has 0 amide bonds. The number of aromatic nitrogens is 1. The Hall–Kier alpha value is -1.39. The Labute approximate surface area is 134 Å². The van der Waals surface area contributed by atoms with Crippen LogP contribution in [-0.4, -0.2) is 10.5 Å². The Kier molecular flexibility index (Phi) is 5.37. The van der Waals surface area contributed by atoms with E-state index in [9.17, 15) is 0 Å². The summed E-state index contributed by atoms with van der Waals surface area (Å²) in [5.74, 6) is 0.887. The molecule has 0 spiro atoms. The van der Waals surface area contributed by atoms with Gasteiger partial charge in [-0.1, -0.05) is 18.2 Å². The van der Waals surface area contributed by atoms with E-state index in [1.54, 1.807) is 6.20 Å². The number of para-hydroxylation sites is 1. The fourth-order valence-electron chi connectivity index (χ4n) is 1.85. The molecule has 1 aromatic carbocycles. The summed E-state index contributed by atoms with van der Waals surface area (Å²) in [6.45, 7) is 7.74. The minimum absolute atomic E-state index is 0.0724. The predicted octanol–water partition coefficient (Wildman–Crippen LogP) is 4.31. The third kappa shape index (κ3) is 5.14. The summed E-state index contributed by atoms with van der Waals surface area (Å²) in [5.41, 5.74) is 2.27. The van der Waals surface area contributed by atoms with Crippen molar-refractivity contribution in [3.63, 3.8) is 0 Å². The molecule has 1 heterocycles. The number of nitrogens with zero attached hydrogens (tertiary/aromatic N) is 1. The van der Waals surface area contributed by atoms with Crippen LogP contribution in [0.1, 0.15) is 31.9 Å². The van der Waals surface area contributed by atoms with Gasteiger partial charge in [0, 0.05) is 35.6 Å². The second kappa shape index (κ2) is 7.05. The van der Waals surface area contributed by atoms with Crippen LogP contribution in [0.3, 0.4) is 0 Å². The third-order valence-corrected chi connectivity index (χ3v) is 3.59. The molecule has 0 aliphatic carbocycles. The molecule has 0 saturated carbocycles. The van der Waals surface area contributed by atoms with Crippen LogP contribution in [0.2, 0.25) is 0 Å². The van der Waals surface area contributed by atoms with Crippen LogP contribution in [0.25, 0.3) is 0 Å². The molecule has 4 heteroatoms. The summed E-state index contributed by atoms with van der Waals surface area (Å²) in [6, 6.07) is 10.0. The normalized spacial score (nSPS) is 11.4. The van der Waals surface area contributed by atoms with Crippen LogP contribution < -0.4 is 10.1 Å². The predicted molar refractivity (Wildman–Crippen MR) is 89.3 cm³/mol. The van der Waals surface area contributed by atoms with E-state index in [1.807, 2.05) is 30.5 Å². The Morgan fingerprint density at radius 1 is 1.19 bits per heavy atom. The van der Waals surface area contributed by atoms with Crippen molar-refractivity contribution in [1.82, 2.24) is 10.3 Å². The number of hydrogen-bond donors (Lipinski definition) is 1. The molecular formula is C17H21BrN2O. The van der Waals surface area contributed by atoms with Crippen LogP contribution in [0.5, 0.6) is 5.75 Å². The maximum atomic E-state index is 5.99. The van der Waals surface area contributed by atoms with Crippen molar-refractivity contribution in [3.05, 3.63) is 58.3 Å². The van der Waals surface area contributed by atoms with Gasteiger partial charge in [-0.2, -0.15) is 0 Å². The topological polar surface area (TPSA) is 34.1 Å². The lowest BCUT2D eigenvalue weighted by atomic mass is 10.1. The first-order valence-electron chi connectivity index (χ1n) is 7.00. The quantitative estimate of drug-likeness (QED) is 0.873. The highest BCUT2D eigenvalue weighted by atomic mass is 79.9. The maximum Gasteiger partial charge on any atom is 0.138 e. The molecule has 21 heavy (non-hydrogen) atoms. The highest BCUT2D eigenvalue weighted by Gasteiger charge is 2.13. The monoisotopic (exact) mass is 348 g/mol. The highest BCUT2D eigenvalue weighted by Crippen LogP contribution is 2.30. The summed E-state index contributed by atoms with van der Waals surface area (Å²) < 4.78 is 6.96. The Balaban J connectivity index is 2.10. The zero-order valence-corrected chi connectivity index (χ0v) is 14.3. The van der Waals surface area contributed by atoms with Crippen LogP contribution in [0.15, 0.2) is 47.2 Å². The van der Waals surface area contributed by atoms with Gasteiger partial charge >= 0.3 is 0 Å². The Morgan fingerprint density at radius 2 is 2.00 bits per heavy atom. The molecule has 0 aliphatic rings. The molecular weight excluding hydrogens is 328 g/mol. The molecule has 0 radical (unpaired) electrons. The summed E-state index contributed by atoms with van der Waals surface area (Å²) in [4.78, 5) is 4.11. The van der Waals surface area contributed by atoms with Crippen LogP contribution >= 0.6 is 15.9 Å². The van der Waals surface area contributed by atoms with Gasteiger partial charge in [0.2, 0.25) is 0 Å². The van der Waals surface area contributed by atoms with E-state index < -0.39 is 0 Å². The van der Waals surface area contributed by atoms with Gasteiger partial charge in [-0.3, -0.25) is 4.98 Å². The first-order valence-corrected chi connectivity index (χ1v) is 7.79. The van der Waals surface area contributed by atoms with E-state index >= 15 is 0 Å². The smallest absolute Gasteiger partial charge is 0.138 e. The lowest BCUT2D eigenvalue weighted by molar-refractivity contribution is 0.297. The van der Waals surface area contributed by atoms with E-state index in [-0.39, 0.29) is 5.54 Å². The van der Waals surface area contributed by atoms with Crippen LogP contribution in [-0.2, 0) is 13.2 Å². The van der Waals surface area contributed by atoms with Crippen molar-refractivity contribution in [1.29, 1.82) is 0 Å². The average molecular weight is 349 g/mol. The lowest BCUT2D eigenvalue weighted by Crippen LogP contribution is -2.35. The zero-order valence-electron chi connectivity index (χ0n) is 12.7. The van der Waals surface area contributed by atoms with Crippen molar-refractivity contribution in [2.45, 2.75) is 39.5 Å². The Morgan fingerprint density at radius 3 is 2.67 bits per heavy atom. The standard InChI is InChI=1S/C17H21BrN2O/c1-17(2,3)20-11-14-7-4-8-15(18)16(14)21-12-13-6-5-9-19-10-13/h4-10,20H,11-12H2,1-3H3. The number of hydrogen-bond acceptors (Lipinski definition) is 3. The summed E-state index contributed by atoms with van der Waals surface area (Å²) in [7, 11) is 0. The number of pyridine rings is 1. The molecule has 0 fully saturated rings. The number of halogens is 1. The van der Waals surface area contributed by atoms with Gasteiger partial charge in [0.1, 0.15) is 12.4 Å². The first-order chi connectivity index (χ1) is 9.96. The van der Waals surface area contributed by atoms with Crippen molar-refractivity contribution in [2.24, 2.45) is 0 Å². The number of nitrogens with one attached hydrogen (secondary N) is 1. The summed E-state index contributed by atoms with van der Waals surface area (Å²) in [5, 5.41) is 3.49. The van der Waals surface area contributed by atoms with Gasteiger partial charge in [-0.15, -0.1) is 0 Å². The molecule has 3 nitrogen and oxygen atoms in total. The molecule has 2 aromatic rings. The van der Waals surface area contributed by atoms with Crippen molar-refractivity contribution in [2.75, 3.05) is 0 Å². The van der Waals surface area contributed by atoms with Gasteiger partial charge in [-0.05, 0) is 48.8 Å². The molecule has 1 N–H and O–H groups in total. The van der Waals surface area contributed by atoms with Gasteiger partial charge in [0.05, 0.1) is 4.47 Å². The van der Waals surface area contributed by atoms with Crippen molar-refractivity contribution in [3.8, 4) is 5.75 Å². The first kappa shape index (κ1) is 16.0. The molecule has 0 aliphatic heterocycles. The van der Waals surface area contributed by atoms with Gasteiger partial charge in [0.25, 0.3) is 0 Å². The van der Waals surface area contributed by atoms with E-state index in [0.29, 0.717) is 6.61 Å². The van der Waals surface area contributed by atoms with Gasteiger partial charge < -0.3 is 10.1 Å². The molecule has 1 aromatic heterocycles. The van der Waals surface area contributed by atoms with Gasteiger partial charge in [0.15, 0.2) is 0 Å². The number of benzene rings is 1. The molecule has 0 atom stereocenters. The van der Waals surface area contributed by atoms with Crippen molar-refractivity contribution < 1.29 is 4.74 Å². The minimum Gasteiger partial charge on any atom is -0.487 e. The molecule has 112 valence electrons.